The fourth-order valence-corrected chi connectivity index (χ4v) is 5.87. The molecule has 20 atom stereocenters. The Kier molecular flexibility index (Phi) is 14.0. The molecule has 47 heavy (non-hydrogen) atoms. The van der Waals surface area contributed by atoms with E-state index in [-0.39, 0.29) is 0 Å². The van der Waals surface area contributed by atoms with Crippen molar-refractivity contribution in [3.05, 3.63) is 0 Å². The van der Waals surface area contributed by atoms with E-state index in [0.29, 0.717) is 0 Å². The summed E-state index contributed by atoms with van der Waals surface area (Å²) in [7, 11) is 2.34. The van der Waals surface area contributed by atoms with Crippen LogP contribution in [0.5, 0.6) is 0 Å². The number of aliphatic hydroxyl groups excluding tert-OH is 12. The van der Waals surface area contributed by atoms with Crippen LogP contribution in [-0.4, -0.2) is 225 Å². The Bertz CT molecular complexity index is 932. The monoisotopic (exact) mass is 694 g/mol. The Labute approximate surface area is 267 Å². The highest BCUT2D eigenvalue weighted by Crippen LogP contribution is 2.34. The fraction of sp³-hybridized carbons (Fsp3) is 1.00. The highest BCUT2D eigenvalue weighted by molar-refractivity contribution is 4.97. The minimum Gasteiger partial charge on any atom is -0.394 e. The second kappa shape index (κ2) is 16.9. The lowest BCUT2D eigenvalue weighted by Crippen LogP contribution is -2.67. The van der Waals surface area contributed by atoms with Crippen LogP contribution >= 0.6 is 0 Å². The van der Waals surface area contributed by atoms with E-state index < -0.39 is 149 Å². The maximum atomic E-state index is 11.3. The Hall–Kier alpha value is -0.840. The molecule has 21 nitrogen and oxygen atoms in total. The van der Waals surface area contributed by atoms with Gasteiger partial charge in [-0.25, -0.2) is 0 Å². The van der Waals surface area contributed by atoms with Crippen molar-refractivity contribution in [3.63, 3.8) is 0 Å². The Balaban J connectivity index is 1.58. The van der Waals surface area contributed by atoms with Crippen molar-refractivity contribution < 1.29 is 104 Å². The molecular formula is C26H46O21. The average Bonchev–Trinajstić information content (AvgIpc) is 3.06. The normalized spacial score (nSPS) is 51.2. The van der Waals surface area contributed by atoms with Crippen LogP contribution in [-0.2, 0) is 42.6 Å². The number of hydrogen-bond donors (Lipinski definition) is 12. The van der Waals surface area contributed by atoms with Crippen LogP contribution in [0.25, 0.3) is 0 Å². The summed E-state index contributed by atoms with van der Waals surface area (Å²) in [5, 5.41) is 125. The van der Waals surface area contributed by atoms with Gasteiger partial charge in [-0.2, -0.15) is 0 Å². The van der Waals surface area contributed by atoms with Crippen LogP contribution < -0.4 is 0 Å². The quantitative estimate of drug-likeness (QED) is 0.0902. The second-order valence-electron chi connectivity index (χ2n) is 11.6. The summed E-state index contributed by atoms with van der Waals surface area (Å²) in [6.07, 6.45) is -32.8. The average molecular weight is 695 g/mol. The van der Waals surface area contributed by atoms with Crippen LogP contribution in [0.4, 0.5) is 0 Å². The molecule has 0 aliphatic carbocycles. The van der Waals surface area contributed by atoms with E-state index in [1.165, 1.54) is 14.2 Å². The highest BCUT2D eigenvalue weighted by atomic mass is 16.8. The molecule has 8 unspecified atom stereocenters. The van der Waals surface area contributed by atoms with Gasteiger partial charge in [0.15, 0.2) is 25.2 Å². The lowest BCUT2D eigenvalue weighted by molar-refractivity contribution is -0.384. The first kappa shape index (κ1) is 39.0. The third kappa shape index (κ3) is 8.06. The molecular weight excluding hydrogens is 648 g/mol. The van der Waals surface area contributed by atoms with E-state index in [9.17, 15) is 61.3 Å². The molecule has 12 N–H and O–H groups in total. The topological polar surface area (TPSA) is 326 Å². The van der Waals surface area contributed by atoms with Crippen molar-refractivity contribution in [2.24, 2.45) is 0 Å². The van der Waals surface area contributed by atoms with Gasteiger partial charge in [-0.15, -0.1) is 0 Å². The molecule has 0 amide bonds. The molecule has 4 rings (SSSR count). The van der Waals surface area contributed by atoms with Crippen molar-refractivity contribution in [1.29, 1.82) is 0 Å². The molecule has 4 aliphatic rings. The lowest BCUT2D eigenvalue weighted by atomic mass is 9.95. The number of hydrogen-bond acceptors (Lipinski definition) is 21. The number of ether oxygens (including phenoxy) is 9. The number of methoxy groups -OCH3 is 2. The molecule has 0 saturated carbocycles. The summed E-state index contributed by atoms with van der Waals surface area (Å²) in [6, 6.07) is 0. The number of rotatable bonds is 12. The summed E-state index contributed by atoms with van der Waals surface area (Å²) in [5.74, 6) is 0. The van der Waals surface area contributed by atoms with Crippen LogP contribution in [0.1, 0.15) is 0 Å². The molecule has 0 aromatic carbocycles. The maximum Gasteiger partial charge on any atom is 0.187 e. The zero-order chi connectivity index (χ0) is 34.7. The van der Waals surface area contributed by atoms with E-state index in [2.05, 4.69) is 0 Å². The minimum absolute atomic E-state index is 0.706. The standard InChI is InChI=1S/C26H46O21/c1-39-20-12(31)8(4-28)44-25(17(20)36)47-22-14(33)10(6-41-24-16(35)15(34)11(30)7(3-27)43-24)45-26(19(22)38)46-21-13(32)9(5-29)42-23(40-2)18(21)37/h7-38H,3-6H2,1-2H3/t7?,8?,9?,10?,11-,12-,13-,14-,15?,16+,17+,18+,19+,20?,21?,22?,23-,24-,25+,26+/m1/s1. The zero-order valence-electron chi connectivity index (χ0n) is 25.4. The summed E-state index contributed by atoms with van der Waals surface area (Å²) < 4.78 is 49.0. The summed E-state index contributed by atoms with van der Waals surface area (Å²) in [4.78, 5) is 0. The third-order valence-electron chi connectivity index (χ3n) is 8.65. The van der Waals surface area contributed by atoms with Gasteiger partial charge in [-0.05, 0) is 0 Å². The van der Waals surface area contributed by atoms with E-state index in [1.54, 1.807) is 0 Å². The van der Waals surface area contributed by atoms with Crippen molar-refractivity contribution in [2.45, 2.75) is 123 Å². The molecule has 0 bridgehead atoms. The Morgan fingerprint density at radius 1 is 0.404 bits per heavy atom. The molecule has 4 heterocycles. The van der Waals surface area contributed by atoms with E-state index >= 15 is 0 Å². The van der Waals surface area contributed by atoms with Gasteiger partial charge in [0.25, 0.3) is 0 Å². The van der Waals surface area contributed by atoms with Gasteiger partial charge in [0.2, 0.25) is 0 Å². The van der Waals surface area contributed by atoms with Crippen molar-refractivity contribution in [2.75, 3.05) is 40.6 Å². The summed E-state index contributed by atoms with van der Waals surface area (Å²) in [5.41, 5.74) is 0. The van der Waals surface area contributed by atoms with Crippen LogP contribution in [0.2, 0.25) is 0 Å². The first-order chi connectivity index (χ1) is 22.3. The van der Waals surface area contributed by atoms with Gasteiger partial charge in [-0.1, -0.05) is 0 Å². The van der Waals surface area contributed by atoms with Gasteiger partial charge < -0.3 is 104 Å². The SMILES string of the molecule is COC1[C@H](O)C(CO)O[C@@H](OC2[C@H](O)C(CO[C@@H]3OC(CO)[C@@H](O)C(O)[C@@H]3O)O[C@@H](OC3[C@H](O)C(CO)O[C@@H](OC)[C@H]3O)[C@H]2O)[C@H]1O. The van der Waals surface area contributed by atoms with Gasteiger partial charge in [0.05, 0.1) is 26.4 Å². The largest absolute Gasteiger partial charge is 0.394 e. The van der Waals surface area contributed by atoms with E-state index in [4.69, 9.17) is 42.6 Å². The maximum absolute atomic E-state index is 11.3. The van der Waals surface area contributed by atoms with Gasteiger partial charge in [0, 0.05) is 14.2 Å². The van der Waals surface area contributed by atoms with Gasteiger partial charge in [0.1, 0.15) is 97.7 Å². The van der Waals surface area contributed by atoms with Crippen LogP contribution in [0.3, 0.4) is 0 Å². The molecule has 4 saturated heterocycles. The second-order valence-corrected chi connectivity index (χ2v) is 11.6. The molecule has 0 spiro atoms. The highest BCUT2D eigenvalue weighted by Gasteiger charge is 2.54. The molecule has 0 aromatic rings. The first-order valence-corrected chi connectivity index (χ1v) is 14.9. The molecule has 0 aromatic heterocycles. The Morgan fingerprint density at radius 3 is 1.32 bits per heavy atom. The first-order valence-electron chi connectivity index (χ1n) is 14.9. The summed E-state index contributed by atoms with van der Waals surface area (Å²) >= 11 is 0. The smallest absolute Gasteiger partial charge is 0.187 e. The molecule has 276 valence electrons. The van der Waals surface area contributed by atoms with Gasteiger partial charge >= 0.3 is 0 Å². The van der Waals surface area contributed by atoms with Crippen LogP contribution in [0.15, 0.2) is 0 Å². The van der Waals surface area contributed by atoms with Crippen molar-refractivity contribution in [1.82, 2.24) is 0 Å². The molecule has 21 heteroatoms. The molecule has 4 fully saturated rings. The third-order valence-corrected chi connectivity index (χ3v) is 8.65. The minimum atomic E-state index is -1.99. The van der Waals surface area contributed by atoms with E-state index in [0.717, 1.165) is 0 Å². The fourth-order valence-electron chi connectivity index (χ4n) is 5.87. The van der Waals surface area contributed by atoms with Crippen molar-refractivity contribution >= 4 is 0 Å². The predicted molar refractivity (Wildman–Crippen MR) is 143 cm³/mol. The van der Waals surface area contributed by atoms with Gasteiger partial charge in [-0.3, -0.25) is 0 Å². The zero-order valence-corrected chi connectivity index (χ0v) is 25.4. The van der Waals surface area contributed by atoms with Crippen LogP contribution in [0, 0.1) is 0 Å². The molecule has 0 radical (unpaired) electrons. The van der Waals surface area contributed by atoms with Crippen molar-refractivity contribution in [3.8, 4) is 0 Å². The van der Waals surface area contributed by atoms with E-state index in [1.807, 2.05) is 0 Å². The predicted octanol–water partition coefficient (Wildman–Crippen LogP) is -8.44. The molecule has 4 aliphatic heterocycles. The Morgan fingerprint density at radius 2 is 0.809 bits per heavy atom. The number of aliphatic hydroxyl groups is 12. The lowest BCUT2D eigenvalue weighted by Gasteiger charge is -2.48. The summed E-state index contributed by atoms with van der Waals surface area (Å²) in [6.45, 7) is -2.92.